The number of halogens is 6. The van der Waals surface area contributed by atoms with Crippen molar-refractivity contribution in [3.8, 4) is 0 Å². The van der Waals surface area contributed by atoms with Gasteiger partial charge >= 0.3 is 18.3 Å². The molecule has 0 heterocycles. The predicted octanol–water partition coefficient (Wildman–Crippen LogP) is 6.51. The second kappa shape index (κ2) is 9.52. The van der Waals surface area contributed by atoms with Crippen molar-refractivity contribution >= 4 is 5.97 Å². The Bertz CT molecular complexity index is 891. The summed E-state index contributed by atoms with van der Waals surface area (Å²) in [5, 5.41) is 0. The third-order valence-corrected chi connectivity index (χ3v) is 5.39. The van der Waals surface area contributed by atoms with Crippen LogP contribution in [0.15, 0.2) is 48.5 Å². The molecule has 0 aromatic heterocycles. The topological polar surface area (TPSA) is 35.5 Å². The quantitative estimate of drug-likeness (QED) is 0.377. The van der Waals surface area contributed by atoms with Crippen molar-refractivity contribution in [2.45, 2.75) is 63.3 Å². The number of esters is 1. The molecule has 0 radical (unpaired) electrons. The maximum atomic E-state index is 13.1. The van der Waals surface area contributed by atoms with Crippen molar-refractivity contribution in [2.24, 2.45) is 0 Å². The number of alkyl halides is 6. The number of carbonyl (C=O) groups excluding carboxylic acids is 1. The number of hydrogen-bond acceptors (Lipinski definition) is 3. The smallest absolute Gasteiger partial charge is 0.416 e. The molecule has 1 aliphatic rings. The van der Waals surface area contributed by atoms with E-state index in [1.54, 1.807) is 12.1 Å². The molecule has 9 heteroatoms. The van der Waals surface area contributed by atoms with Crippen LogP contribution in [-0.2, 0) is 33.2 Å². The first kappa shape index (κ1) is 24.1. The second-order valence-electron chi connectivity index (χ2n) is 7.78. The molecule has 3 atom stereocenters. The van der Waals surface area contributed by atoms with Crippen LogP contribution in [-0.4, -0.2) is 18.2 Å². The molecule has 1 fully saturated rings. The molecule has 0 amide bonds. The predicted molar refractivity (Wildman–Crippen MR) is 104 cm³/mol. The van der Waals surface area contributed by atoms with Crippen molar-refractivity contribution in [1.29, 1.82) is 0 Å². The van der Waals surface area contributed by atoms with Crippen molar-refractivity contribution in [3.63, 3.8) is 0 Å². The summed E-state index contributed by atoms with van der Waals surface area (Å²) < 4.78 is 90.1. The van der Waals surface area contributed by atoms with Gasteiger partial charge in [-0.3, -0.25) is 4.79 Å². The van der Waals surface area contributed by atoms with Crippen molar-refractivity contribution in [1.82, 2.24) is 0 Å². The Morgan fingerprint density at radius 1 is 0.906 bits per heavy atom. The molecular formula is C23H22F6O3. The van der Waals surface area contributed by atoms with Gasteiger partial charge in [-0.05, 0) is 48.6 Å². The Morgan fingerprint density at radius 2 is 1.47 bits per heavy atom. The average Bonchev–Trinajstić information content (AvgIpc) is 2.71. The minimum atomic E-state index is -4.92. The van der Waals surface area contributed by atoms with Crippen LogP contribution in [0.4, 0.5) is 26.3 Å². The Balaban J connectivity index is 1.87. The maximum Gasteiger partial charge on any atom is 0.416 e. The van der Waals surface area contributed by atoms with E-state index in [0.29, 0.717) is 31.4 Å². The second-order valence-corrected chi connectivity index (χ2v) is 7.78. The first-order valence-electron chi connectivity index (χ1n) is 10.1. The highest BCUT2D eigenvalue weighted by Gasteiger charge is 2.39. The van der Waals surface area contributed by atoms with Gasteiger partial charge in [0.2, 0.25) is 0 Å². The van der Waals surface area contributed by atoms with Crippen molar-refractivity contribution in [2.75, 3.05) is 0 Å². The average molecular weight is 460 g/mol. The van der Waals surface area contributed by atoms with Crippen LogP contribution in [0, 0.1) is 0 Å². The minimum absolute atomic E-state index is 0.0909. The lowest BCUT2D eigenvalue weighted by molar-refractivity contribution is -0.152. The zero-order valence-corrected chi connectivity index (χ0v) is 17.2. The summed E-state index contributed by atoms with van der Waals surface area (Å²) in [6.45, 7) is 0.849. The normalized spacial score (nSPS) is 21.9. The van der Waals surface area contributed by atoms with Crippen molar-refractivity contribution < 1.29 is 40.6 Å². The first-order chi connectivity index (χ1) is 14.9. The Labute approximate surface area is 181 Å². The van der Waals surface area contributed by atoms with Gasteiger partial charge in [0, 0.05) is 12.8 Å². The summed E-state index contributed by atoms with van der Waals surface area (Å²) in [7, 11) is 0. The highest BCUT2D eigenvalue weighted by molar-refractivity contribution is 5.66. The molecule has 2 aromatic rings. The molecule has 0 N–H and O–H groups in total. The highest BCUT2D eigenvalue weighted by Crippen LogP contribution is 2.39. The summed E-state index contributed by atoms with van der Waals surface area (Å²) >= 11 is 0. The Morgan fingerprint density at radius 3 is 2.00 bits per heavy atom. The van der Waals surface area contributed by atoms with Crippen LogP contribution in [0.2, 0.25) is 0 Å². The molecule has 0 aliphatic heterocycles. The number of carbonyl (C=O) groups is 1. The Kier molecular flexibility index (Phi) is 7.17. The first-order valence-corrected chi connectivity index (χ1v) is 10.1. The molecule has 0 bridgehead atoms. The zero-order valence-electron chi connectivity index (χ0n) is 17.2. The SMILES string of the molecule is CC(=O)OC1CCCC(OCc2cc(C(F)(F)F)cc(C(F)(F)F)c2)C1c1ccccc1. The molecule has 3 rings (SSSR count). The van der Waals surface area contributed by atoms with Gasteiger partial charge < -0.3 is 9.47 Å². The van der Waals surface area contributed by atoms with Crippen LogP contribution in [0.25, 0.3) is 0 Å². The molecule has 0 saturated heterocycles. The summed E-state index contributed by atoms with van der Waals surface area (Å²) in [6.07, 6.45) is -9.13. The Hall–Kier alpha value is -2.55. The monoisotopic (exact) mass is 460 g/mol. The van der Waals surface area contributed by atoms with Gasteiger partial charge in [0.1, 0.15) is 6.10 Å². The van der Waals surface area contributed by atoms with Crippen LogP contribution in [0.5, 0.6) is 0 Å². The fourth-order valence-corrected chi connectivity index (χ4v) is 4.06. The molecular weight excluding hydrogens is 438 g/mol. The lowest BCUT2D eigenvalue weighted by atomic mass is 9.79. The van der Waals surface area contributed by atoms with E-state index in [4.69, 9.17) is 9.47 Å². The number of benzene rings is 2. The molecule has 32 heavy (non-hydrogen) atoms. The molecule has 3 unspecified atom stereocenters. The molecule has 2 aromatic carbocycles. The fourth-order valence-electron chi connectivity index (χ4n) is 4.06. The van der Waals surface area contributed by atoms with E-state index in [2.05, 4.69) is 0 Å². The van der Waals surface area contributed by atoms with Crippen LogP contribution < -0.4 is 0 Å². The van der Waals surface area contributed by atoms with Gasteiger partial charge in [-0.15, -0.1) is 0 Å². The van der Waals surface area contributed by atoms with E-state index in [0.717, 1.165) is 5.56 Å². The molecule has 1 aliphatic carbocycles. The van der Waals surface area contributed by atoms with Gasteiger partial charge in [0.25, 0.3) is 0 Å². The number of ether oxygens (including phenoxy) is 2. The van der Waals surface area contributed by atoms with Crippen LogP contribution >= 0.6 is 0 Å². The molecule has 1 saturated carbocycles. The van der Waals surface area contributed by atoms with Gasteiger partial charge in [-0.2, -0.15) is 26.3 Å². The summed E-state index contributed by atoms with van der Waals surface area (Å²) in [4.78, 5) is 11.6. The van der Waals surface area contributed by atoms with E-state index in [1.165, 1.54) is 6.92 Å². The van der Waals surface area contributed by atoms with Gasteiger partial charge in [-0.1, -0.05) is 30.3 Å². The van der Waals surface area contributed by atoms with Gasteiger partial charge in [0.05, 0.1) is 23.8 Å². The highest BCUT2D eigenvalue weighted by atomic mass is 19.4. The van der Waals surface area contributed by atoms with E-state index in [1.807, 2.05) is 18.2 Å². The molecule has 174 valence electrons. The largest absolute Gasteiger partial charge is 0.462 e. The van der Waals surface area contributed by atoms with Gasteiger partial charge in [-0.25, -0.2) is 0 Å². The van der Waals surface area contributed by atoms with Crippen LogP contribution in [0.1, 0.15) is 54.4 Å². The summed E-state index contributed by atoms with van der Waals surface area (Å²) in [5.41, 5.74) is -2.17. The third-order valence-electron chi connectivity index (χ3n) is 5.39. The van der Waals surface area contributed by atoms with E-state index in [-0.39, 0.29) is 17.5 Å². The summed E-state index contributed by atoms with van der Waals surface area (Å²) in [5.74, 6) is -0.856. The molecule has 0 spiro atoms. The lowest BCUT2D eigenvalue weighted by Gasteiger charge is -2.37. The van der Waals surface area contributed by atoms with E-state index in [9.17, 15) is 31.1 Å². The number of hydrogen-bond donors (Lipinski definition) is 0. The van der Waals surface area contributed by atoms with Crippen molar-refractivity contribution in [3.05, 3.63) is 70.8 Å². The number of rotatable bonds is 5. The van der Waals surface area contributed by atoms with Gasteiger partial charge in [0.15, 0.2) is 0 Å². The minimum Gasteiger partial charge on any atom is -0.462 e. The maximum absolute atomic E-state index is 13.1. The van der Waals surface area contributed by atoms with E-state index < -0.39 is 48.3 Å². The lowest BCUT2D eigenvalue weighted by Crippen LogP contribution is -2.38. The summed E-state index contributed by atoms with van der Waals surface area (Å²) in [6, 6.07) is 10.5. The third kappa shape index (κ3) is 6.03. The molecule has 3 nitrogen and oxygen atoms in total. The standard InChI is InChI=1S/C23H22F6O3/c1-14(30)32-20-9-5-8-19(21(20)16-6-3-2-4-7-16)31-13-15-10-17(22(24,25)26)12-18(11-15)23(27,28)29/h2-4,6-7,10-12,19-21H,5,8-9,13H2,1H3. The van der Waals surface area contributed by atoms with E-state index >= 15 is 0 Å². The zero-order chi connectivity index (χ0) is 23.5. The van der Waals surface area contributed by atoms with Crippen LogP contribution in [0.3, 0.4) is 0 Å². The fraction of sp³-hybridized carbons (Fsp3) is 0.435.